The van der Waals surface area contributed by atoms with Crippen molar-refractivity contribution in [2.75, 3.05) is 51.3 Å². The zero-order chi connectivity index (χ0) is 17.7. The van der Waals surface area contributed by atoms with Gasteiger partial charge in [-0.15, -0.1) is 24.0 Å². The van der Waals surface area contributed by atoms with Crippen molar-refractivity contribution in [3.63, 3.8) is 0 Å². The molecule has 0 amide bonds. The van der Waals surface area contributed by atoms with Crippen LogP contribution in [0.5, 0.6) is 11.5 Å². The zero-order valence-electron chi connectivity index (χ0n) is 15.5. The first-order valence-corrected chi connectivity index (χ1v) is 8.85. The van der Waals surface area contributed by atoms with E-state index < -0.39 is 0 Å². The van der Waals surface area contributed by atoms with Crippen molar-refractivity contribution < 1.29 is 14.2 Å². The number of benzene rings is 1. The van der Waals surface area contributed by atoms with Crippen LogP contribution >= 0.6 is 24.0 Å². The van der Waals surface area contributed by atoms with Crippen molar-refractivity contribution in [2.45, 2.75) is 25.9 Å². The fourth-order valence-corrected chi connectivity index (χ4v) is 3.05. The van der Waals surface area contributed by atoms with Gasteiger partial charge in [-0.05, 0) is 26.0 Å². The number of morpholine rings is 1. The molecule has 0 radical (unpaired) electrons. The van der Waals surface area contributed by atoms with Crippen molar-refractivity contribution >= 4 is 35.6 Å². The van der Waals surface area contributed by atoms with E-state index in [9.17, 15) is 0 Å². The van der Waals surface area contributed by atoms with Crippen molar-refractivity contribution in [3.8, 4) is 11.5 Å². The summed E-state index contributed by atoms with van der Waals surface area (Å²) in [5.74, 6) is 1.92. The SMILES string of the molecule is CC1(C)CN(CCN=C(N)Nc2ccc3c(c2)OCCCO3)CCO1.I. The minimum atomic E-state index is -0.0876. The smallest absolute Gasteiger partial charge is 0.193 e. The Morgan fingerprint density at radius 3 is 2.77 bits per heavy atom. The topological polar surface area (TPSA) is 81.3 Å². The second-order valence-corrected chi connectivity index (χ2v) is 6.99. The Morgan fingerprint density at radius 1 is 1.23 bits per heavy atom. The molecular weight excluding hydrogens is 447 g/mol. The van der Waals surface area contributed by atoms with Gasteiger partial charge in [0.05, 0.1) is 32.0 Å². The molecule has 1 fully saturated rings. The molecule has 8 heteroatoms. The Morgan fingerprint density at radius 2 is 2.00 bits per heavy atom. The third-order valence-electron chi connectivity index (χ3n) is 4.22. The van der Waals surface area contributed by atoms with Crippen LogP contribution in [0.25, 0.3) is 0 Å². The molecule has 2 heterocycles. The van der Waals surface area contributed by atoms with Gasteiger partial charge in [0, 0.05) is 37.8 Å². The maximum Gasteiger partial charge on any atom is 0.193 e. The number of ether oxygens (including phenoxy) is 3. The van der Waals surface area contributed by atoms with Crippen LogP contribution in [0.3, 0.4) is 0 Å². The second-order valence-electron chi connectivity index (χ2n) is 6.99. The van der Waals surface area contributed by atoms with Gasteiger partial charge in [0.2, 0.25) is 0 Å². The van der Waals surface area contributed by atoms with Gasteiger partial charge >= 0.3 is 0 Å². The quantitative estimate of drug-likeness (QED) is 0.395. The summed E-state index contributed by atoms with van der Waals surface area (Å²) >= 11 is 0. The summed E-state index contributed by atoms with van der Waals surface area (Å²) in [5, 5.41) is 3.12. The van der Waals surface area contributed by atoms with E-state index in [1.807, 2.05) is 18.2 Å². The number of hydrogen-bond donors (Lipinski definition) is 2. The molecule has 0 unspecified atom stereocenters. The van der Waals surface area contributed by atoms with Crippen molar-refractivity contribution in [1.29, 1.82) is 0 Å². The van der Waals surface area contributed by atoms with Gasteiger partial charge in [-0.2, -0.15) is 0 Å². The summed E-state index contributed by atoms with van der Waals surface area (Å²) in [6.45, 7) is 9.71. The number of anilines is 1. The van der Waals surface area contributed by atoms with E-state index in [1.165, 1.54) is 0 Å². The number of guanidine groups is 1. The van der Waals surface area contributed by atoms with Crippen molar-refractivity contribution in [2.24, 2.45) is 10.7 Å². The van der Waals surface area contributed by atoms with E-state index in [0.29, 0.717) is 25.7 Å². The van der Waals surface area contributed by atoms with Gasteiger partial charge in [0.15, 0.2) is 17.5 Å². The van der Waals surface area contributed by atoms with E-state index in [0.717, 1.165) is 49.8 Å². The number of fused-ring (bicyclic) bond motifs is 1. The molecule has 3 rings (SSSR count). The first-order valence-electron chi connectivity index (χ1n) is 8.85. The molecule has 2 aliphatic rings. The van der Waals surface area contributed by atoms with E-state index in [-0.39, 0.29) is 29.6 Å². The summed E-state index contributed by atoms with van der Waals surface area (Å²) < 4.78 is 17.0. The third kappa shape index (κ3) is 6.17. The van der Waals surface area contributed by atoms with Crippen LogP contribution in [0, 0.1) is 0 Å². The average molecular weight is 476 g/mol. The van der Waals surface area contributed by atoms with Crippen LogP contribution in [0.1, 0.15) is 20.3 Å². The number of halogens is 1. The maximum absolute atomic E-state index is 6.01. The lowest BCUT2D eigenvalue weighted by atomic mass is 10.1. The number of nitrogens with one attached hydrogen (secondary N) is 1. The van der Waals surface area contributed by atoms with Crippen LogP contribution in [-0.4, -0.2) is 62.5 Å². The highest BCUT2D eigenvalue weighted by Crippen LogP contribution is 2.32. The van der Waals surface area contributed by atoms with Crippen LogP contribution in [0.4, 0.5) is 5.69 Å². The molecule has 1 aromatic rings. The van der Waals surface area contributed by atoms with Crippen LogP contribution in [-0.2, 0) is 4.74 Å². The van der Waals surface area contributed by atoms with Gasteiger partial charge in [0.25, 0.3) is 0 Å². The van der Waals surface area contributed by atoms with E-state index in [4.69, 9.17) is 19.9 Å². The standard InChI is InChI=1S/C18H28N4O3.HI/c1-18(2)13-22(8-11-25-18)7-6-20-17(19)21-14-4-5-15-16(12-14)24-10-3-9-23-15;/h4-5,12H,3,6-11,13H2,1-2H3,(H3,19,20,21);1H. The molecule has 0 aliphatic carbocycles. The average Bonchev–Trinajstić information content (AvgIpc) is 2.79. The summed E-state index contributed by atoms with van der Waals surface area (Å²) in [6.07, 6.45) is 0.888. The summed E-state index contributed by atoms with van der Waals surface area (Å²) in [6, 6.07) is 5.71. The molecule has 0 bridgehead atoms. The Kier molecular flexibility index (Phi) is 7.78. The van der Waals surface area contributed by atoms with Crippen molar-refractivity contribution in [3.05, 3.63) is 18.2 Å². The van der Waals surface area contributed by atoms with E-state index in [2.05, 4.69) is 29.1 Å². The molecule has 0 spiro atoms. The molecule has 1 saturated heterocycles. The number of hydrogen-bond acceptors (Lipinski definition) is 5. The Balaban J connectivity index is 0.00000243. The maximum atomic E-state index is 6.01. The van der Waals surface area contributed by atoms with E-state index >= 15 is 0 Å². The van der Waals surface area contributed by atoms with Crippen LogP contribution in [0.15, 0.2) is 23.2 Å². The molecule has 26 heavy (non-hydrogen) atoms. The normalized spacial score (nSPS) is 20.0. The van der Waals surface area contributed by atoms with Gasteiger partial charge in [0.1, 0.15) is 0 Å². The fraction of sp³-hybridized carbons (Fsp3) is 0.611. The lowest BCUT2D eigenvalue weighted by Crippen LogP contribution is -2.49. The predicted molar refractivity (Wildman–Crippen MR) is 114 cm³/mol. The van der Waals surface area contributed by atoms with Crippen LogP contribution in [0.2, 0.25) is 0 Å². The van der Waals surface area contributed by atoms with Gasteiger partial charge in [-0.1, -0.05) is 0 Å². The van der Waals surface area contributed by atoms with Gasteiger partial charge in [-0.25, -0.2) is 0 Å². The number of rotatable bonds is 4. The first kappa shape index (κ1) is 21.0. The van der Waals surface area contributed by atoms with Crippen molar-refractivity contribution in [1.82, 2.24) is 4.90 Å². The monoisotopic (exact) mass is 476 g/mol. The number of nitrogens with zero attached hydrogens (tertiary/aromatic N) is 2. The van der Waals surface area contributed by atoms with Gasteiger partial charge < -0.3 is 25.3 Å². The molecule has 0 atom stereocenters. The summed E-state index contributed by atoms with van der Waals surface area (Å²) in [7, 11) is 0. The Hall–Kier alpha value is -1.26. The molecule has 0 aromatic heterocycles. The number of nitrogens with two attached hydrogens (primary N) is 1. The lowest BCUT2D eigenvalue weighted by Gasteiger charge is -2.37. The summed E-state index contributed by atoms with van der Waals surface area (Å²) in [5.41, 5.74) is 6.76. The molecular formula is C18H29IN4O3. The lowest BCUT2D eigenvalue weighted by molar-refractivity contribution is -0.0850. The highest BCUT2D eigenvalue weighted by atomic mass is 127. The Labute approximate surface area is 172 Å². The minimum absolute atomic E-state index is 0. The van der Waals surface area contributed by atoms with E-state index in [1.54, 1.807) is 0 Å². The predicted octanol–water partition coefficient (Wildman–Crippen LogP) is 2.30. The molecule has 3 N–H and O–H groups in total. The zero-order valence-corrected chi connectivity index (χ0v) is 17.8. The molecule has 7 nitrogen and oxygen atoms in total. The molecule has 2 aliphatic heterocycles. The van der Waals surface area contributed by atoms with Crippen LogP contribution < -0.4 is 20.5 Å². The second kappa shape index (κ2) is 9.61. The first-order chi connectivity index (χ1) is 12.0. The minimum Gasteiger partial charge on any atom is -0.490 e. The molecule has 1 aromatic carbocycles. The molecule has 146 valence electrons. The Bertz CT molecular complexity index is 624. The molecule has 0 saturated carbocycles. The largest absolute Gasteiger partial charge is 0.490 e. The number of aliphatic imine (C=N–C) groups is 1. The highest BCUT2D eigenvalue weighted by molar-refractivity contribution is 14.0. The van der Waals surface area contributed by atoms with Gasteiger partial charge in [-0.3, -0.25) is 9.89 Å². The summed E-state index contributed by atoms with van der Waals surface area (Å²) in [4.78, 5) is 6.78. The highest BCUT2D eigenvalue weighted by Gasteiger charge is 2.26. The fourth-order valence-electron chi connectivity index (χ4n) is 3.05. The third-order valence-corrected chi connectivity index (χ3v) is 4.22.